The van der Waals surface area contributed by atoms with Gasteiger partial charge in [0.1, 0.15) is 18.0 Å². The molecule has 0 spiro atoms. The average molecular weight is 427 g/mol. The zero-order chi connectivity index (χ0) is 15.3. The van der Waals surface area contributed by atoms with Crippen molar-refractivity contribution >= 4 is 52.9 Å². The minimum atomic E-state index is -0.191. The van der Waals surface area contributed by atoms with E-state index in [2.05, 4.69) is 36.5 Å². The van der Waals surface area contributed by atoms with Gasteiger partial charge in [0.25, 0.3) is 0 Å². The third-order valence-electron chi connectivity index (χ3n) is 3.88. The van der Waals surface area contributed by atoms with Crippen LogP contribution in [0.2, 0.25) is 0 Å². The standard InChI is InChI=1S/C14H11FIN5S/c15-12-7(1-2-10-8(12)3-4-18-10)9-5-21(22-16)14-11(9)13(17)19-6-20-14/h1-2,5-6,18H,3-4H2,(H2,17,19,20). The van der Waals surface area contributed by atoms with E-state index < -0.39 is 0 Å². The molecule has 0 saturated heterocycles. The summed E-state index contributed by atoms with van der Waals surface area (Å²) in [6.07, 6.45) is 3.98. The Hall–Kier alpha value is -1.55. The van der Waals surface area contributed by atoms with Crippen LogP contribution in [0.5, 0.6) is 0 Å². The lowest BCUT2D eigenvalue weighted by Gasteiger charge is -2.07. The van der Waals surface area contributed by atoms with Gasteiger partial charge >= 0.3 is 0 Å². The molecule has 3 N–H and O–H groups in total. The molecule has 3 heterocycles. The maximum atomic E-state index is 14.9. The van der Waals surface area contributed by atoms with Crippen LogP contribution in [0.1, 0.15) is 5.56 Å². The number of nitrogens with zero attached hydrogens (tertiary/aromatic N) is 3. The Morgan fingerprint density at radius 2 is 2.18 bits per heavy atom. The van der Waals surface area contributed by atoms with Crippen molar-refractivity contribution in [2.75, 3.05) is 17.6 Å². The fourth-order valence-electron chi connectivity index (χ4n) is 2.88. The van der Waals surface area contributed by atoms with Gasteiger partial charge in [-0.05, 0) is 18.6 Å². The number of benzene rings is 1. The summed E-state index contributed by atoms with van der Waals surface area (Å²) in [5.74, 6) is 0.172. The van der Waals surface area contributed by atoms with Crippen LogP contribution in [0.15, 0.2) is 24.7 Å². The van der Waals surface area contributed by atoms with Crippen LogP contribution in [0.25, 0.3) is 22.2 Å². The van der Waals surface area contributed by atoms with Gasteiger partial charge in [-0.2, -0.15) is 0 Å². The quantitative estimate of drug-likeness (QED) is 0.612. The fourth-order valence-corrected chi connectivity index (χ4v) is 4.13. The van der Waals surface area contributed by atoms with Crippen molar-refractivity contribution < 1.29 is 4.39 Å². The Morgan fingerprint density at radius 1 is 1.32 bits per heavy atom. The average Bonchev–Trinajstić information content (AvgIpc) is 3.13. The zero-order valence-corrected chi connectivity index (χ0v) is 14.3. The third-order valence-corrected chi connectivity index (χ3v) is 5.58. The minimum absolute atomic E-state index is 0.191. The number of aromatic nitrogens is 3. The molecule has 1 aromatic carbocycles. The highest BCUT2D eigenvalue weighted by atomic mass is 127. The first-order valence-corrected chi connectivity index (χ1v) is 9.98. The zero-order valence-electron chi connectivity index (χ0n) is 11.3. The second-order valence-corrected chi connectivity index (χ2v) is 6.74. The van der Waals surface area contributed by atoms with Gasteiger partial charge in [-0.1, -0.05) is 0 Å². The van der Waals surface area contributed by atoms with Crippen LogP contribution in [0, 0.1) is 5.82 Å². The predicted octanol–water partition coefficient (Wildman–Crippen LogP) is 3.63. The second kappa shape index (κ2) is 5.27. The molecule has 4 rings (SSSR count). The lowest BCUT2D eigenvalue weighted by Crippen LogP contribution is -1.95. The summed E-state index contributed by atoms with van der Waals surface area (Å²) >= 11 is 2.16. The van der Waals surface area contributed by atoms with Crippen molar-refractivity contribution in [1.29, 1.82) is 0 Å². The molecule has 0 atom stereocenters. The van der Waals surface area contributed by atoms with Crippen LogP contribution in [-0.2, 0) is 6.42 Å². The highest BCUT2D eigenvalue weighted by Gasteiger charge is 2.22. The first-order chi connectivity index (χ1) is 10.7. The SMILES string of the molecule is Nc1ncnc2c1c(-c1ccc3c(c1F)CCN3)cn2SI. The van der Waals surface area contributed by atoms with E-state index in [-0.39, 0.29) is 5.82 Å². The van der Waals surface area contributed by atoms with E-state index in [9.17, 15) is 4.39 Å². The van der Waals surface area contributed by atoms with Crippen molar-refractivity contribution in [3.05, 3.63) is 36.0 Å². The highest BCUT2D eigenvalue weighted by Crippen LogP contribution is 2.39. The predicted molar refractivity (Wildman–Crippen MR) is 96.5 cm³/mol. The third kappa shape index (κ3) is 1.97. The maximum absolute atomic E-state index is 14.9. The molecule has 0 bridgehead atoms. The number of anilines is 2. The normalized spacial score (nSPS) is 13.4. The minimum Gasteiger partial charge on any atom is -0.384 e. The molecule has 1 aliphatic rings. The molecule has 0 aliphatic carbocycles. The van der Waals surface area contributed by atoms with E-state index in [1.807, 2.05) is 16.2 Å². The number of nitrogens with two attached hydrogens (primary N) is 1. The van der Waals surface area contributed by atoms with Crippen LogP contribution in [0.4, 0.5) is 15.9 Å². The molecule has 1 aliphatic heterocycles. The maximum Gasteiger partial charge on any atom is 0.156 e. The first-order valence-electron chi connectivity index (χ1n) is 6.67. The first kappa shape index (κ1) is 14.1. The van der Waals surface area contributed by atoms with Crippen molar-refractivity contribution in [2.45, 2.75) is 6.42 Å². The molecule has 0 unspecified atom stereocenters. The number of hydrogen-bond donors (Lipinski definition) is 2. The summed E-state index contributed by atoms with van der Waals surface area (Å²) < 4.78 is 16.8. The fraction of sp³-hybridized carbons (Fsp3) is 0.143. The topological polar surface area (TPSA) is 68.8 Å². The Kier molecular flexibility index (Phi) is 3.37. The van der Waals surface area contributed by atoms with Gasteiger partial charge in [0.2, 0.25) is 0 Å². The van der Waals surface area contributed by atoms with Crippen LogP contribution in [0.3, 0.4) is 0 Å². The van der Waals surface area contributed by atoms with Gasteiger partial charge in [0.05, 0.1) is 5.39 Å². The molecule has 0 fully saturated rings. The largest absolute Gasteiger partial charge is 0.384 e. The molecule has 0 amide bonds. The van der Waals surface area contributed by atoms with E-state index in [1.54, 1.807) is 6.07 Å². The van der Waals surface area contributed by atoms with E-state index in [4.69, 9.17) is 5.73 Å². The number of rotatable bonds is 2. The van der Waals surface area contributed by atoms with Crippen LogP contribution >= 0.6 is 30.3 Å². The Bertz CT molecular complexity index is 895. The molecule has 112 valence electrons. The van der Waals surface area contributed by atoms with Crippen LogP contribution < -0.4 is 11.1 Å². The molecular formula is C14H11FIN5S. The van der Waals surface area contributed by atoms with Gasteiger partial charge < -0.3 is 11.1 Å². The number of nitrogens with one attached hydrogen (secondary N) is 1. The number of nitrogen functional groups attached to an aromatic ring is 1. The second-order valence-electron chi connectivity index (χ2n) is 5.03. The summed E-state index contributed by atoms with van der Waals surface area (Å²) in [7, 11) is 1.46. The Labute approximate surface area is 142 Å². The number of halogens is 2. The summed E-state index contributed by atoms with van der Waals surface area (Å²) in [6.45, 7) is 0.770. The summed E-state index contributed by atoms with van der Waals surface area (Å²) in [5.41, 5.74) is 9.58. The Morgan fingerprint density at radius 3 is 3.00 bits per heavy atom. The van der Waals surface area contributed by atoms with E-state index in [0.717, 1.165) is 23.4 Å². The number of fused-ring (bicyclic) bond motifs is 2. The van der Waals surface area contributed by atoms with Crippen molar-refractivity contribution in [3.8, 4) is 11.1 Å². The van der Waals surface area contributed by atoms with Gasteiger partial charge in [0.15, 0.2) is 5.65 Å². The summed E-state index contributed by atoms with van der Waals surface area (Å²) in [5, 5.41) is 3.88. The van der Waals surface area contributed by atoms with Gasteiger partial charge in [-0.15, -0.1) is 0 Å². The molecular weight excluding hydrogens is 416 g/mol. The molecule has 3 aromatic rings. The van der Waals surface area contributed by atoms with Crippen molar-refractivity contribution in [3.63, 3.8) is 0 Å². The van der Waals surface area contributed by atoms with E-state index in [0.29, 0.717) is 28.8 Å². The molecule has 2 aromatic heterocycles. The van der Waals surface area contributed by atoms with Crippen LogP contribution in [-0.4, -0.2) is 20.5 Å². The highest BCUT2D eigenvalue weighted by molar-refractivity contribution is 14.2. The number of hydrogen-bond acceptors (Lipinski definition) is 5. The molecule has 22 heavy (non-hydrogen) atoms. The van der Waals surface area contributed by atoms with Gasteiger partial charge in [-0.25, -0.2) is 14.4 Å². The van der Waals surface area contributed by atoms with E-state index in [1.165, 1.54) is 15.4 Å². The Balaban J connectivity index is 2.03. The van der Waals surface area contributed by atoms with Crippen molar-refractivity contribution in [2.24, 2.45) is 0 Å². The molecule has 0 saturated carbocycles. The summed E-state index contributed by atoms with van der Waals surface area (Å²) in [4.78, 5) is 8.32. The van der Waals surface area contributed by atoms with Gasteiger partial charge in [0, 0.05) is 65.4 Å². The lowest BCUT2D eigenvalue weighted by molar-refractivity contribution is 0.619. The summed E-state index contributed by atoms with van der Waals surface area (Å²) in [6, 6.07) is 3.71. The smallest absolute Gasteiger partial charge is 0.156 e. The monoisotopic (exact) mass is 427 g/mol. The van der Waals surface area contributed by atoms with Crippen molar-refractivity contribution in [1.82, 2.24) is 13.9 Å². The van der Waals surface area contributed by atoms with Gasteiger partial charge in [-0.3, -0.25) is 3.97 Å². The molecule has 8 heteroatoms. The van der Waals surface area contributed by atoms with E-state index >= 15 is 0 Å². The molecule has 0 radical (unpaired) electrons. The molecule has 5 nitrogen and oxygen atoms in total. The lowest BCUT2D eigenvalue weighted by atomic mass is 10.0.